The molecule has 0 aliphatic heterocycles. The van der Waals surface area contributed by atoms with E-state index in [1.807, 2.05) is 0 Å². The van der Waals surface area contributed by atoms with Gasteiger partial charge < -0.3 is 0 Å². The van der Waals surface area contributed by atoms with Crippen LogP contribution in [0.15, 0.2) is 5.16 Å². The van der Waals surface area contributed by atoms with Crippen LogP contribution in [0.5, 0.6) is 0 Å². The van der Waals surface area contributed by atoms with Gasteiger partial charge in [0.05, 0.1) is 0 Å². The van der Waals surface area contributed by atoms with E-state index in [1.54, 1.807) is 0 Å². The summed E-state index contributed by atoms with van der Waals surface area (Å²) in [6, 6.07) is 0. The molecule has 0 radical (unpaired) electrons. The van der Waals surface area contributed by atoms with E-state index in [0.717, 1.165) is 6.08 Å². The Morgan fingerprint density at radius 3 is 2.67 bits per heavy atom. The van der Waals surface area contributed by atoms with Crippen molar-refractivity contribution in [1.82, 2.24) is 0 Å². The number of hydrogen-bond acceptors (Lipinski definition) is 5. The summed E-state index contributed by atoms with van der Waals surface area (Å²) in [6.07, 6.45) is 0.936. The minimum atomic E-state index is 0.936. The maximum Gasteiger partial charge on any atom is 0.280 e. The predicted molar refractivity (Wildman–Crippen MR) is 12.9 cm³/mol. The van der Waals surface area contributed by atoms with Gasteiger partial charge in [-0.2, -0.15) is 4.99 Å². The maximum absolute atomic E-state index is 8.96. The van der Waals surface area contributed by atoms with Gasteiger partial charge in [0.25, 0.3) is 6.08 Å². The fraction of sp³-hybridized carbons (Fsp3) is 0. The Balaban J connectivity index is 2.86. The molecule has 0 bridgehead atoms. The summed E-state index contributed by atoms with van der Waals surface area (Å²) in [5, 5.41) is 12.4. The summed E-state index contributed by atoms with van der Waals surface area (Å²) in [5.74, 6) is 0. The summed E-state index contributed by atoms with van der Waals surface area (Å²) >= 11 is 0. The average molecular weight is 91.0 g/mol. The molecule has 34 valence electrons. The molecule has 0 atom stereocenters. The molecule has 0 aliphatic carbocycles. The number of nitrogens with zero attached hydrogens (tertiary/aromatic N) is 1. The van der Waals surface area contributed by atoms with E-state index in [-0.39, 0.29) is 0 Å². The van der Waals surface area contributed by atoms with Crippen LogP contribution in [0.2, 0.25) is 0 Å². The van der Waals surface area contributed by atoms with Crippen molar-refractivity contribution in [2.75, 3.05) is 0 Å². The summed E-state index contributed by atoms with van der Waals surface area (Å²) in [5.41, 5.74) is 0. The van der Waals surface area contributed by atoms with Gasteiger partial charge in [-0.1, -0.05) is 0 Å². The SMILES string of the molecule is O=C=NOOO. The van der Waals surface area contributed by atoms with Crippen LogP contribution in [0.1, 0.15) is 0 Å². The first-order valence-corrected chi connectivity index (χ1v) is 0.960. The number of rotatable bonds is 2. The second-order valence-electron chi connectivity index (χ2n) is 0.332. The zero-order valence-electron chi connectivity index (χ0n) is 2.62. The smallest absolute Gasteiger partial charge is 0.209 e. The molecule has 0 amide bonds. The zero-order chi connectivity index (χ0) is 4.83. The summed E-state index contributed by atoms with van der Waals surface area (Å²) in [7, 11) is 0. The topological polar surface area (TPSA) is 68.1 Å². The van der Waals surface area contributed by atoms with Crippen molar-refractivity contribution in [1.29, 1.82) is 0 Å². The van der Waals surface area contributed by atoms with Crippen molar-refractivity contribution in [3.63, 3.8) is 0 Å². The molecule has 0 aliphatic rings. The summed E-state index contributed by atoms with van der Waals surface area (Å²) in [4.78, 5) is 12.2. The van der Waals surface area contributed by atoms with Crippen LogP contribution in [-0.4, -0.2) is 11.3 Å². The molecule has 0 rings (SSSR count). The summed E-state index contributed by atoms with van der Waals surface area (Å²) in [6.45, 7) is 0. The molecule has 0 aromatic carbocycles. The Morgan fingerprint density at radius 1 is 1.83 bits per heavy atom. The fourth-order valence-electron chi connectivity index (χ4n) is 0.0319. The molecule has 5 nitrogen and oxygen atoms in total. The highest BCUT2D eigenvalue weighted by Gasteiger charge is 1.64. The van der Waals surface area contributed by atoms with Gasteiger partial charge >= 0.3 is 0 Å². The van der Waals surface area contributed by atoms with Gasteiger partial charge in [-0.15, -0.1) is 0 Å². The molecule has 6 heavy (non-hydrogen) atoms. The Bertz CT molecular complexity index is 63.9. The first-order valence-electron chi connectivity index (χ1n) is 0.960. The van der Waals surface area contributed by atoms with Crippen molar-refractivity contribution >= 4 is 6.08 Å². The second kappa shape index (κ2) is 4.10. The van der Waals surface area contributed by atoms with E-state index >= 15 is 0 Å². The van der Waals surface area contributed by atoms with E-state index < -0.39 is 0 Å². The second-order valence-corrected chi connectivity index (χ2v) is 0.332. The van der Waals surface area contributed by atoms with Crippen LogP contribution in [0.4, 0.5) is 0 Å². The van der Waals surface area contributed by atoms with E-state index in [1.165, 1.54) is 0 Å². The van der Waals surface area contributed by atoms with Crippen molar-refractivity contribution in [3.8, 4) is 0 Å². The maximum atomic E-state index is 8.96. The van der Waals surface area contributed by atoms with Crippen LogP contribution in [0, 0.1) is 0 Å². The van der Waals surface area contributed by atoms with Crippen molar-refractivity contribution in [2.45, 2.75) is 0 Å². The Morgan fingerprint density at radius 2 is 2.50 bits per heavy atom. The van der Waals surface area contributed by atoms with E-state index in [2.05, 4.69) is 15.2 Å². The van der Waals surface area contributed by atoms with E-state index in [0.29, 0.717) is 0 Å². The van der Waals surface area contributed by atoms with E-state index in [4.69, 9.17) is 10.1 Å². The van der Waals surface area contributed by atoms with Crippen molar-refractivity contribution in [2.24, 2.45) is 5.16 Å². The number of hydrogen-bond donors (Lipinski definition) is 1. The molecule has 0 saturated heterocycles. The van der Waals surface area contributed by atoms with Crippen LogP contribution < -0.4 is 0 Å². The minimum absolute atomic E-state index is 0.936. The molecule has 0 unspecified atom stereocenters. The molecule has 0 aromatic heterocycles. The minimum Gasteiger partial charge on any atom is -0.209 e. The molecule has 0 aromatic rings. The largest absolute Gasteiger partial charge is 0.280 e. The average Bonchev–Trinajstić information content (AvgIpc) is 1.61. The van der Waals surface area contributed by atoms with Gasteiger partial charge in [0.15, 0.2) is 0 Å². The van der Waals surface area contributed by atoms with Gasteiger partial charge in [0.2, 0.25) is 0 Å². The first kappa shape index (κ1) is 5.10. The molecule has 0 heterocycles. The molecule has 0 fully saturated rings. The van der Waals surface area contributed by atoms with Crippen molar-refractivity contribution < 1.29 is 20.1 Å². The highest BCUT2D eigenvalue weighted by molar-refractivity contribution is 5.31. The first-order chi connectivity index (χ1) is 2.91. The zero-order valence-corrected chi connectivity index (χ0v) is 2.62. The lowest BCUT2D eigenvalue weighted by molar-refractivity contribution is -0.492. The standard InChI is InChI=1S/CHNO4/c3-1-2-5-6-4/h4H. The van der Waals surface area contributed by atoms with Gasteiger partial charge in [0.1, 0.15) is 0 Å². The van der Waals surface area contributed by atoms with Crippen LogP contribution in [0.25, 0.3) is 0 Å². The molecule has 0 spiro atoms. The molecule has 1 N–H and O–H groups in total. The number of carbonyl (C=O) groups excluding carboxylic acids is 1. The normalized spacial score (nSPS) is 6.17. The van der Waals surface area contributed by atoms with Crippen molar-refractivity contribution in [3.05, 3.63) is 0 Å². The third kappa shape index (κ3) is 3.10. The molecule has 0 saturated carbocycles. The lowest BCUT2D eigenvalue weighted by Gasteiger charge is -1.75. The monoisotopic (exact) mass is 91.0 g/mol. The Kier molecular flexibility index (Phi) is 3.48. The Hall–Kier alpha value is -0.900. The quantitative estimate of drug-likeness (QED) is 0.218. The van der Waals surface area contributed by atoms with Crippen LogP contribution in [0.3, 0.4) is 0 Å². The highest BCUT2D eigenvalue weighted by atomic mass is 17.5. The van der Waals surface area contributed by atoms with E-state index in [9.17, 15) is 0 Å². The van der Waals surface area contributed by atoms with Gasteiger partial charge in [-0.05, 0) is 0 Å². The van der Waals surface area contributed by atoms with Crippen LogP contribution in [-0.2, 0) is 14.8 Å². The lowest BCUT2D eigenvalue weighted by atomic mass is 11.7. The highest BCUT2D eigenvalue weighted by Crippen LogP contribution is 1.64. The lowest BCUT2D eigenvalue weighted by Crippen LogP contribution is -1.74. The Labute approximate surface area is 32.6 Å². The van der Waals surface area contributed by atoms with Gasteiger partial charge in [0, 0.05) is 10.2 Å². The third-order valence-electron chi connectivity index (χ3n) is 0.108. The summed E-state index contributed by atoms with van der Waals surface area (Å²) < 4.78 is 0. The number of isocyanates is 1. The van der Waals surface area contributed by atoms with Gasteiger partial charge in [-0.25, -0.2) is 10.1 Å². The molecule has 5 heteroatoms. The molecular weight excluding hydrogens is 90.0 g/mol. The van der Waals surface area contributed by atoms with Crippen LogP contribution >= 0.6 is 0 Å². The van der Waals surface area contributed by atoms with Gasteiger partial charge in [-0.3, -0.25) is 0 Å². The predicted octanol–water partition coefficient (Wildman–Crippen LogP) is -0.342. The third-order valence-corrected chi connectivity index (χ3v) is 0.108. The fourth-order valence-corrected chi connectivity index (χ4v) is 0.0319. The molecular formula is CHNO4.